The summed E-state index contributed by atoms with van der Waals surface area (Å²) in [5.41, 5.74) is 6.80. The van der Waals surface area contributed by atoms with Crippen molar-refractivity contribution in [3.05, 3.63) is 12.7 Å². The van der Waals surface area contributed by atoms with E-state index in [-0.39, 0.29) is 12.4 Å². The van der Waals surface area contributed by atoms with Crippen molar-refractivity contribution in [3.63, 3.8) is 0 Å². The Kier molecular flexibility index (Phi) is 3.20. The molecular weight excluding hydrogens is 294 g/mol. The highest BCUT2D eigenvalue weighted by Crippen LogP contribution is 2.40. The predicted octanol–water partition coefficient (Wildman–Crippen LogP) is -0.988. The monoisotopic (exact) mass is 309 g/mol. The fraction of sp³-hybridized carbons (Fsp3) is 0.583. The van der Waals surface area contributed by atoms with Gasteiger partial charge in [-0.05, 0) is 0 Å². The number of aliphatic hydroxyl groups is 1. The fourth-order valence-corrected chi connectivity index (χ4v) is 2.84. The highest BCUT2D eigenvalue weighted by molar-refractivity contribution is 5.81. The summed E-state index contributed by atoms with van der Waals surface area (Å²) in [7, 11) is 1.48. The number of nitrogens with two attached hydrogens (primary N) is 1. The molecule has 2 fully saturated rings. The van der Waals surface area contributed by atoms with Crippen LogP contribution in [-0.4, -0.2) is 63.1 Å². The van der Waals surface area contributed by atoms with Gasteiger partial charge in [-0.15, -0.1) is 0 Å². The Labute approximate surface area is 124 Å². The number of nitrogens with zero attached hydrogens (tertiary/aromatic N) is 4. The molecule has 3 N–H and O–H groups in total. The zero-order valence-corrected chi connectivity index (χ0v) is 11.7. The maximum Gasteiger partial charge on any atom is 0.272 e. The van der Waals surface area contributed by atoms with Gasteiger partial charge in [-0.2, -0.15) is 0 Å². The van der Waals surface area contributed by atoms with Crippen molar-refractivity contribution in [2.24, 2.45) is 0 Å². The Hall–Kier alpha value is -1.85. The SMILES string of the molecule is COC1O[C@@H]2[C@H](O1)[C@@H](CO)O[C@H]2n1cnc2c(N)ncnc21. The number of anilines is 1. The quantitative estimate of drug-likeness (QED) is 0.734. The third-order valence-corrected chi connectivity index (χ3v) is 3.86. The highest BCUT2D eigenvalue weighted by Gasteiger charge is 2.53. The van der Waals surface area contributed by atoms with Crippen molar-refractivity contribution in [1.82, 2.24) is 19.5 Å². The molecule has 22 heavy (non-hydrogen) atoms. The number of hydrogen-bond donors (Lipinski definition) is 2. The zero-order valence-electron chi connectivity index (χ0n) is 11.7. The van der Waals surface area contributed by atoms with Gasteiger partial charge in [0.25, 0.3) is 6.48 Å². The Morgan fingerprint density at radius 2 is 2.09 bits per heavy atom. The minimum Gasteiger partial charge on any atom is -0.394 e. The van der Waals surface area contributed by atoms with E-state index >= 15 is 0 Å². The van der Waals surface area contributed by atoms with E-state index in [1.807, 2.05) is 0 Å². The van der Waals surface area contributed by atoms with Crippen LogP contribution in [0.15, 0.2) is 12.7 Å². The fourth-order valence-electron chi connectivity index (χ4n) is 2.84. The van der Waals surface area contributed by atoms with Crippen LogP contribution < -0.4 is 5.73 Å². The lowest BCUT2D eigenvalue weighted by atomic mass is 10.1. The molecule has 2 saturated heterocycles. The molecule has 2 aliphatic rings. The molecule has 2 aliphatic heterocycles. The number of rotatable bonds is 3. The second-order valence-electron chi connectivity index (χ2n) is 5.06. The van der Waals surface area contributed by atoms with Crippen molar-refractivity contribution in [2.75, 3.05) is 19.5 Å². The molecule has 5 atom stereocenters. The summed E-state index contributed by atoms with van der Waals surface area (Å²) in [6.45, 7) is -0.980. The summed E-state index contributed by atoms with van der Waals surface area (Å²) in [5.74, 6) is 0.287. The number of imidazole rings is 1. The van der Waals surface area contributed by atoms with Crippen LogP contribution in [0.2, 0.25) is 0 Å². The lowest BCUT2D eigenvalue weighted by Gasteiger charge is -2.19. The lowest BCUT2D eigenvalue weighted by molar-refractivity contribution is -0.256. The Balaban J connectivity index is 1.73. The molecule has 2 aromatic rings. The molecule has 10 heteroatoms. The first-order chi connectivity index (χ1) is 10.7. The third kappa shape index (κ3) is 1.89. The molecule has 4 heterocycles. The molecule has 0 bridgehead atoms. The molecule has 4 rings (SSSR count). The van der Waals surface area contributed by atoms with Crippen LogP contribution in [0.5, 0.6) is 0 Å². The number of ether oxygens (including phenoxy) is 4. The van der Waals surface area contributed by atoms with Crippen molar-refractivity contribution in [1.29, 1.82) is 0 Å². The molecule has 0 radical (unpaired) electrons. The normalized spacial score (nSPS) is 34.4. The van der Waals surface area contributed by atoms with Crippen molar-refractivity contribution in [2.45, 2.75) is 31.0 Å². The lowest BCUT2D eigenvalue weighted by Crippen LogP contribution is -2.31. The van der Waals surface area contributed by atoms with E-state index in [1.165, 1.54) is 13.4 Å². The van der Waals surface area contributed by atoms with Crippen LogP contribution in [0, 0.1) is 0 Å². The average Bonchev–Trinajstić information content (AvgIpc) is 3.19. The summed E-state index contributed by atoms with van der Waals surface area (Å²) < 4.78 is 23.8. The smallest absolute Gasteiger partial charge is 0.272 e. The molecule has 0 spiro atoms. The van der Waals surface area contributed by atoms with Gasteiger partial charge in [-0.1, -0.05) is 0 Å². The third-order valence-electron chi connectivity index (χ3n) is 3.86. The van der Waals surface area contributed by atoms with E-state index in [1.54, 1.807) is 10.9 Å². The molecule has 0 saturated carbocycles. The second kappa shape index (κ2) is 5.11. The molecule has 1 unspecified atom stereocenters. The highest BCUT2D eigenvalue weighted by atomic mass is 16.9. The Bertz CT molecular complexity index is 694. The first-order valence-electron chi connectivity index (χ1n) is 6.76. The van der Waals surface area contributed by atoms with Gasteiger partial charge in [-0.25, -0.2) is 15.0 Å². The number of hydrogen-bond acceptors (Lipinski definition) is 9. The van der Waals surface area contributed by atoms with E-state index in [0.717, 1.165) is 0 Å². The largest absolute Gasteiger partial charge is 0.394 e. The maximum atomic E-state index is 9.47. The number of fused-ring (bicyclic) bond motifs is 2. The van der Waals surface area contributed by atoms with Crippen molar-refractivity contribution in [3.8, 4) is 0 Å². The van der Waals surface area contributed by atoms with Gasteiger partial charge in [0.05, 0.1) is 12.9 Å². The molecule has 118 valence electrons. The summed E-state index contributed by atoms with van der Waals surface area (Å²) in [4.78, 5) is 12.3. The van der Waals surface area contributed by atoms with Crippen molar-refractivity contribution < 1.29 is 24.1 Å². The van der Waals surface area contributed by atoms with E-state index < -0.39 is 31.0 Å². The number of nitrogen functional groups attached to an aromatic ring is 1. The second-order valence-corrected chi connectivity index (χ2v) is 5.06. The number of methoxy groups -OCH3 is 1. The Morgan fingerprint density at radius 1 is 1.27 bits per heavy atom. The number of aromatic nitrogens is 4. The van der Waals surface area contributed by atoms with Crippen LogP contribution in [0.1, 0.15) is 6.23 Å². The summed E-state index contributed by atoms with van der Waals surface area (Å²) in [6, 6.07) is 0. The first-order valence-corrected chi connectivity index (χ1v) is 6.76. The van der Waals surface area contributed by atoms with Gasteiger partial charge in [0.15, 0.2) is 17.7 Å². The van der Waals surface area contributed by atoms with Gasteiger partial charge in [0, 0.05) is 7.11 Å². The molecule has 10 nitrogen and oxygen atoms in total. The van der Waals surface area contributed by atoms with Gasteiger partial charge in [-0.3, -0.25) is 4.57 Å². The molecule has 0 aromatic carbocycles. The van der Waals surface area contributed by atoms with Crippen LogP contribution >= 0.6 is 0 Å². The molecule has 2 aromatic heterocycles. The topological polar surface area (TPSA) is 127 Å². The van der Waals surface area contributed by atoms with Gasteiger partial charge >= 0.3 is 0 Å². The van der Waals surface area contributed by atoms with Crippen LogP contribution in [-0.2, 0) is 18.9 Å². The van der Waals surface area contributed by atoms with E-state index in [9.17, 15) is 5.11 Å². The van der Waals surface area contributed by atoms with Crippen LogP contribution in [0.3, 0.4) is 0 Å². The summed E-state index contributed by atoms with van der Waals surface area (Å²) in [6.07, 6.45) is 0.955. The van der Waals surface area contributed by atoms with Gasteiger partial charge in [0.1, 0.15) is 30.2 Å². The van der Waals surface area contributed by atoms with Gasteiger partial charge < -0.3 is 29.8 Å². The molecular formula is C12H15N5O5. The predicted molar refractivity (Wildman–Crippen MR) is 71.3 cm³/mol. The Morgan fingerprint density at radius 3 is 2.86 bits per heavy atom. The first kappa shape index (κ1) is 13.8. The number of aliphatic hydroxyl groups excluding tert-OH is 1. The van der Waals surface area contributed by atoms with E-state index in [2.05, 4.69) is 15.0 Å². The van der Waals surface area contributed by atoms with Crippen LogP contribution in [0.4, 0.5) is 5.82 Å². The van der Waals surface area contributed by atoms with E-state index in [4.69, 9.17) is 24.7 Å². The minimum absolute atomic E-state index is 0.193. The molecule has 0 aliphatic carbocycles. The molecule has 0 amide bonds. The maximum absolute atomic E-state index is 9.47. The summed E-state index contributed by atoms with van der Waals surface area (Å²) >= 11 is 0. The minimum atomic E-state index is -0.787. The van der Waals surface area contributed by atoms with Gasteiger partial charge in [0.2, 0.25) is 0 Å². The standard InChI is InChI=1S/C12H15N5O5/c1-19-12-21-7-5(2-18)20-11(8(7)22-12)17-4-16-6-9(13)14-3-15-10(6)17/h3-5,7-8,11-12,18H,2H2,1H3,(H2,13,14,15)/t5-,7-,8-,11-,12?/m1/s1. The summed E-state index contributed by atoms with van der Waals surface area (Å²) in [5, 5.41) is 9.47. The van der Waals surface area contributed by atoms with Crippen LogP contribution in [0.25, 0.3) is 11.2 Å². The zero-order chi connectivity index (χ0) is 15.3. The van der Waals surface area contributed by atoms with Crippen molar-refractivity contribution >= 4 is 17.0 Å². The van der Waals surface area contributed by atoms with E-state index in [0.29, 0.717) is 11.2 Å². The average molecular weight is 309 g/mol.